The molecule has 3 saturated carbocycles. The average molecular weight is 598 g/mol. The number of nitrogens with one attached hydrogen (secondary N) is 1. The number of carbonyl (C=O) groups is 1. The molecule has 222 valence electrons. The number of nitrogens with zero attached hydrogens (tertiary/aromatic N) is 5. The molecule has 0 unspecified atom stereocenters. The maximum atomic E-state index is 12.9. The van der Waals surface area contributed by atoms with Crippen LogP contribution in [0.25, 0.3) is 21.7 Å². The van der Waals surface area contributed by atoms with Gasteiger partial charge in [0.1, 0.15) is 0 Å². The SMILES string of the molecule is Cc1cnc2c(Cl)cc(N)cc2c1NCC(C)(C)C.Cn1ccc2c(C(=O)c3cn(C45CC(C4)C5)nn3)cccc2c1=O. The van der Waals surface area contributed by atoms with Crippen LogP contribution in [0.5, 0.6) is 0 Å². The zero-order chi connectivity index (χ0) is 30.7. The Morgan fingerprint density at radius 3 is 2.56 bits per heavy atom. The first kappa shape index (κ1) is 28.9. The Bertz CT molecular complexity index is 1940. The maximum Gasteiger partial charge on any atom is 0.258 e. The number of hydrogen-bond acceptors (Lipinski definition) is 7. The maximum absolute atomic E-state index is 12.9. The summed E-state index contributed by atoms with van der Waals surface area (Å²) in [5.74, 6) is 0.648. The summed E-state index contributed by atoms with van der Waals surface area (Å²) in [5, 5.41) is 14.5. The molecule has 5 aromatic rings. The van der Waals surface area contributed by atoms with Crippen LogP contribution in [-0.4, -0.2) is 36.9 Å². The predicted molar refractivity (Wildman–Crippen MR) is 172 cm³/mol. The summed E-state index contributed by atoms with van der Waals surface area (Å²) in [6, 6.07) is 10.7. The summed E-state index contributed by atoms with van der Waals surface area (Å²) >= 11 is 6.21. The summed E-state index contributed by atoms with van der Waals surface area (Å²) in [6.07, 6.45) is 8.73. The number of ketones is 1. The topological polar surface area (TPSA) is 121 Å². The van der Waals surface area contributed by atoms with Gasteiger partial charge < -0.3 is 15.6 Å². The van der Waals surface area contributed by atoms with Crippen molar-refractivity contribution in [2.45, 2.75) is 52.5 Å². The molecule has 0 atom stereocenters. The van der Waals surface area contributed by atoms with E-state index in [1.807, 2.05) is 23.9 Å². The summed E-state index contributed by atoms with van der Waals surface area (Å²) in [6.45, 7) is 9.49. The van der Waals surface area contributed by atoms with Gasteiger partial charge in [0, 0.05) is 53.7 Å². The van der Waals surface area contributed by atoms with E-state index in [0.717, 1.165) is 53.9 Å². The highest BCUT2D eigenvalue weighted by Gasteiger charge is 2.58. The second-order valence-corrected chi connectivity index (χ2v) is 13.6. The highest BCUT2D eigenvalue weighted by molar-refractivity contribution is 6.35. The lowest BCUT2D eigenvalue weighted by Gasteiger charge is -2.61. The fourth-order valence-electron chi connectivity index (χ4n) is 5.99. The zero-order valence-electron chi connectivity index (χ0n) is 25.1. The van der Waals surface area contributed by atoms with Gasteiger partial charge in [-0.2, -0.15) is 0 Å². The van der Waals surface area contributed by atoms with Crippen LogP contribution in [0.1, 0.15) is 61.6 Å². The van der Waals surface area contributed by atoms with Gasteiger partial charge in [0.05, 0.1) is 22.3 Å². The summed E-state index contributed by atoms with van der Waals surface area (Å²) < 4.78 is 3.38. The highest BCUT2D eigenvalue weighted by Crippen LogP contribution is 2.61. The number of nitrogen functional groups attached to an aromatic ring is 1. The van der Waals surface area contributed by atoms with E-state index in [2.05, 4.69) is 41.4 Å². The zero-order valence-corrected chi connectivity index (χ0v) is 25.9. The van der Waals surface area contributed by atoms with Crippen LogP contribution in [0.15, 0.2) is 59.8 Å². The molecule has 3 heterocycles. The van der Waals surface area contributed by atoms with Gasteiger partial charge in [-0.3, -0.25) is 14.6 Å². The molecular weight excluding hydrogens is 562 g/mol. The number of carbonyl (C=O) groups excluding carboxylic acids is 1. The minimum Gasteiger partial charge on any atom is -0.399 e. The van der Waals surface area contributed by atoms with E-state index < -0.39 is 0 Å². The molecule has 8 rings (SSSR count). The molecule has 43 heavy (non-hydrogen) atoms. The Morgan fingerprint density at radius 2 is 1.88 bits per heavy atom. The third kappa shape index (κ3) is 5.27. The van der Waals surface area contributed by atoms with Crippen LogP contribution in [0.2, 0.25) is 5.02 Å². The lowest BCUT2D eigenvalue weighted by Crippen LogP contribution is -2.59. The number of fused-ring (bicyclic) bond motifs is 2. The van der Waals surface area contributed by atoms with E-state index in [0.29, 0.717) is 32.7 Å². The fraction of sp³-hybridized carbons (Fsp3) is 0.364. The van der Waals surface area contributed by atoms with E-state index in [4.69, 9.17) is 17.3 Å². The number of nitrogens with two attached hydrogens (primary N) is 1. The van der Waals surface area contributed by atoms with E-state index >= 15 is 0 Å². The Labute approximate surface area is 255 Å². The number of hydrogen-bond donors (Lipinski definition) is 2. The molecule has 0 spiro atoms. The number of anilines is 2. The highest BCUT2D eigenvalue weighted by atomic mass is 35.5. The molecule has 10 heteroatoms. The van der Waals surface area contributed by atoms with Crippen molar-refractivity contribution in [1.82, 2.24) is 24.5 Å². The molecule has 3 fully saturated rings. The first-order chi connectivity index (χ1) is 20.3. The molecule has 0 radical (unpaired) electrons. The molecule has 2 bridgehead atoms. The molecule has 3 aliphatic carbocycles. The third-order valence-electron chi connectivity index (χ3n) is 8.52. The minimum atomic E-state index is -0.188. The van der Waals surface area contributed by atoms with E-state index in [1.54, 1.807) is 49.8 Å². The van der Waals surface area contributed by atoms with Gasteiger partial charge in [-0.1, -0.05) is 49.7 Å². The lowest BCUT2D eigenvalue weighted by atomic mass is 9.50. The van der Waals surface area contributed by atoms with Crippen molar-refractivity contribution in [1.29, 1.82) is 0 Å². The molecule has 0 saturated heterocycles. The number of pyridine rings is 2. The molecular formula is C33H36ClN7O2. The molecule has 9 nitrogen and oxygen atoms in total. The number of aryl methyl sites for hydroxylation is 2. The molecule has 2 aromatic carbocycles. The molecule has 3 aliphatic rings. The fourth-order valence-corrected chi connectivity index (χ4v) is 6.27. The van der Waals surface area contributed by atoms with Crippen molar-refractivity contribution in [2.75, 3.05) is 17.6 Å². The van der Waals surface area contributed by atoms with Gasteiger partial charge in [-0.25, -0.2) is 4.68 Å². The van der Waals surface area contributed by atoms with Gasteiger partial charge in [-0.15, -0.1) is 5.10 Å². The second-order valence-electron chi connectivity index (χ2n) is 13.2. The van der Waals surface area contributed by atoms with Gasteiger partial charge in [0.15, 0.2) is 5.69 Å². The average Bonchev–Trinajstić information content (AvgIpc) is 3.37. The summed E-state index contributed by atoms with van der Waals surface area (Å²) in [4.78, 5) is 29.5. The van der Waals surface area contributed by atoms with Crippen molar-refractivity contribution in [3.8, 4) is 0 Å². The van der Waals surface area contributed by atoms with Crippen molar-refractivity contribution < 1.29 is 4.79 Å². The monoisotopic (exact) mass is 597 g/mol. The Kier molecular flexibility index (Phi) is 7.04. The number of halogens is 1. The van der Waals surface area contributed by atoms with Crippen molar-refractivity contribution in [3.05, 3.63) is 87.2 Å². The number of rotatable bonds is 5. The Balaban J connectivity index is 0.000000158. The summed E-state index contributed by atoms with van der Waals surface area (Å²) in [7, 11) is 1.70. The van der Waals surface area contributed by atoms with Gasteiger partial charge in [0.25, 0.3) is 5.56 Å². The van der Waals surface area contributed by atoms with Crippen LogP contribution >= 0.6 is 11.6 Å². The van der Waals surface area contributed by atoms with Crippen LogP contribution in [0.4, 0.5) is 11.4 Å². The second kappa shape index (κ2) is 10.5. The Morgan fingerprint density at radius 1 is 1.14 bits per heavy atom. The van der Waals surface area contributed by atoms with Crippen LogP contribution in [0, 0.1) is 18.3 Å². The minimum absolute atomic E-state index is 0.111. The molecule has 0 aliphatic heterocycles. The van der Waals surface area contributed by atoms with Gasteiger partial charge >= 0.3 is 0 Å². The normalized spacial score (nSPS) is 18.9. The Hall–Kier alpha value is -4.24. The molecule has 0 amide bonds. The van der Waals surface area contributed by atoms with Crippen molar-refractivity contribution >= 4 is 50.4 Å². The van der Waals surface area contributed by atoms with Crippen LogP contribution in [0.3, 0.4) is 0 Å². The van der Waals surface area contributed by atoms with E-state index in [-0.39, 0.29) is 22.3 Å². The summed E-state index contributed by atoms with van der Waals surface area (Å²) in [5.41, 5.74) is 10.5. The van der Waals surface area contributed by atoms with Crippen molar-refractivity contribution in [3.63, 3.8) is 0 Å². The number of benzene rings is 2. The van der Waals surface area contributed by atoms with Crippen LogP contribution in [-0.2, 0) is 12.6 Å². The largest absolute Gasteiger partial charge is 0.399 e. The smallest absolute Gasteiger partial charge is 0.258 e. The van der Waals surface area contributed by atoms with E-state index in [9.17, 15) is 9.59 Å². The third-order valence-corrected chi connectivity index (χ3v) is 8.80. The number of aromatic nitrogens is 5. The molecule has 3 aromatic heterocycles. The van der Waals surface area contributed by atoms with Gasteiger partial charge in [-0.05, 0) is 72.7 Å². The predicted octanol–water partition coefficient (Wildman–Crippen LogP) is 6.11. The van der Waals surface area contributed by atoms with Gasteiger partial charge in [0.2, 0.25) is 5.78 Å². The standard InChI is InChI=1S/C18H16N4O2.C15H20ClN3/c1-21-6-5-12-13(3-2-4-14(12)17(21)24)16(23)15-10-22(20-19-15)18-7-11(8-18)9-18;1-9-7-18-14-11(5-10(17)6-12(14)16)13(9)19-8-15(2,3)4/h2-6,10-11H,7-9H2,1H3;5-7H,8,17H2,1-4H3,(H,18,19). The van der Waals surface area contributed by atoms with Crippen LogP contribution < -0.4 is 16.6 Å². The molecule has 3 N–H and O–H groups in total. The van der Waals surface area contributed by atoms with E-state index in [1.165, 1.54) is 4.57 Å². The first-order valence-electron chi connectivity index (χ1n) is 14.5. The van der Waals surface area contributed by atoms with Crippen molar-refractivity contribution in [2.24, 2.45) is 18.4 Å². The quantitative estimate of drug-likeness (QED) is 0.185. The first-order valence-corrected chi connectivity index (χ1v) is 14.9. The lowest BCUT2D eigenvalue weighted by molar-refractivity contribution is -0.0988.